The van der Waals surface area contributed by atoms with Crippen LogP contribution < -0.4 is 4.90 Å². The fraction of sp³-hybridized carbons (Fsp3) is 0.304. The number of anilines is 1. The first-order chi connectivity index (χ1) is 15.3. The second-order valence-corrected chi connectivity index (χ2v) is 10.2. The number of hydrogen-bond acceptors (Lipinski definition) is 4. The van der Waals surface area contributed by atoms with E-state index < -0.39 is 10.0 Å². The monoisotopic (exact) mass is 472 g/mol. The van der Waals surface area contributed by atoms with Gasteiger partial charge >= 0.3 is 0 Å². The van der Waals surface area contributed by atoms with Crippen molar-refractivity contribution in [1.29, 1.82) is 0 Å². The average molecular weight is 473 g/mol. The predicted molar refractivity (Wildman–Crippen MR) is 125 cm³/mol. The van der Waals surface area contributed by atoms with Gasteiger partial charge in [-0.15, -0.1) is 0 Å². The Hall–Kier alpha value is -2.68. The van der Waals surface area contributed by atoms with E-state index in [4.69, 9.17) is 11.6 Å². The van der Waals surface area contributed by atoms with Crippen LogP contribution in [0.2, 0.25) is 5.02 Å². The fourth-order valence-electron chi connectivity index (χ4n) is 4.05. The molecule has 0 unspecified atom stereocenters. The summed E-state index contributed by atoms with van der Waals surface area (Å²) >= 11 is 6.19. The Kier molecular flexibility index (Phi) is 6.37. The summed E-state index contributed by atoms with van der Waals surface area (Å²) in [6.07, 6.45) is 0.562. The Morgan fingerprint density at radius 3 is 2.50 bits per heavy atom. The number of sulfonamides is 1. The van der Waals surface area contributed by atoms with Crippen LogP contribution in [0.25, 0.3) is 0 Å². The molecule has 0 saturated carbocycles. The van der Waals surface area contributed by atoms with Gasteiger partial charge in [0.2, 0.25) is 15.9 Å². The third-order valence-corrected chi connectivity index (χ3v) is 7.88. The minimum Gasteiger partial charge on any atom is -0.307 e. The van der Waals surface area contributed by atoms with E-state index in [1.54, 1.807) is 33.8 Å². The van der Waals surface area contributed by atoms with Crippen molar-refractivity contribution >= 4 is 33.2 Å². The molecule has 32 heavy (non-hydrogen) atoms. The van der Waals surface area contributed by atoms with Crippen molar-refractivity contribution in [3.8, 4) is 0 Å². The molecule has 0 spiro atoms. The number of halogens is 1. The number of carbonyl (C=O) groups is 1. The average Bonchev–Trinajstić information content (AvgIpc) is 3.09. The second kappa shape index (κ2) is 9.05. The van der Waals surface area contributed by atoms with Crippen molar-refractivity contribution in [3.05, 3.63) is 82.1 Å². The van der Waals surface area contributed by atoms with E-state index in [9.17, 15) is 13.2 Å². The number of benzene rings is 2. The molecule has 0 radical (unpaired) electrons. The van der Waals surface area contributed by atoms with Gasteiger partial charge in [-0.3, -0.25) is 9.48 Å². The van der Waals surface area contributed by atoms with Gasteiger partial charge in [0.15, 0.2) is 0 Å². The molecule has 1 aliphatic heterocycles. The molecule has 1 aromatic heterocycles. The third kappa shape index (κ3) is 4.57. The summed E-state index contributed by atoms with van der Waals surface area (Å²) in [5, 5.41) is 5.08. The molecule has 0 atom stereocenters. The molecule has 7 nitrogen and oxygen atoms in total. The van der Waals surface area contributed by atoms with Crippen molar-refractivity contribution in [2.75, 3.05) is 11.4 Å². The lowest BCUT2D eigenvalue weighted by molar-refractivity contribution is -0.116. The van der Waals surface area contributed by atoms with Crippen molar-refractivity contribution in [2.45, 2.75) is 32.2 Å². The lowest BCUT2D eigenvalue weighted by atomic mass is 10.1. The van der Waals surface area contributed by atoms with Gasteiger partial charge in [0.1, 0.15) is 0 Å². The van der Waals surface area contributed by atoms with E-state index in [0.29, 0.717) is 29.2 Å². The lowest BCUT2D eigenvalue weighted by Gasteiger charge is -2.28. The highest BCUT2D eigenvalue weighted by atomic mass is 35.5. The topological polar surface area (TPSA) is 75.5 Å². The molecule has 0 saturated heterocycles. The summed E-state index contributed by atoms with van der Waals surface area (Å²) in [4.78, 5) is 14.0. The summed E-state index contributed by atoms with van der Waals surface area (Å²) in [6, 6.07) is 16.4. The van der Waals surface area contributed by atoms with Crippen molar-refractivity contribution < 1.29 is 13.2 Å². The number of rotatable bonds is 6. The molecule has 2 aromatic carbocycles. The summed E-state index contributed by atoms with van der Waals surface area (Å²) in [5.74, 6) is -0.254. The van der Waals surface area contributed by atoms with E-state index in [-0.39, 0.29) is 24.7 Å². The second-order valence-electron chi connectivity index (χ2n) is 7.87. The van der Waals surface area contributed by atoms with Gasteiger partial charge in [0.05, 0.1) is 18.0 Å². The minimum atomic E-state index is -3.57. The molecule has 168 valence electrons. The first-order valence-electron chi connectivity index (χ1n) is 10.3. The Morgan fingerprint density at radius 2 is 1.81 bits per heavy atom. The molecule has 9 heteroatoms. The van der Waals surface area contributed by atoms with Gasteiger partial charge in [-0.25, -0.2) is 8.42 Å². The molecule has 0 bridgehead atoms. The Balaban J connectivity index is 1.61. The largest absolute Gasteiger partial charge is 0.307 e. The molecule has 1 aliphatic rings. The SMILES string of the molecule is CC(=O)N(Cc1nn(C)c2c1CN(S(=O)(=O)Cc1ccccc1Cl)CC2)c1ccccc1. The summed E-state index contributed by atoms with van der Waals surface area (Å²) in [6.45, 7) is 2.41. The van der Waals surface area contributed by atoms with Gasteiger partial charge in [-0.1, -0.05) is 48.0 Å². The number of aromatic nitrogens is 2. The highest BCUT2D eigenvalue weighted by Gasteiger charge is 2.32. The zero-order chi connectivity index (χ0) is 22.9. The maximum Gasteiger partial charge on any atom is 0.224 e. The molecule has 4 rings (SSSR count). The quantitative estimate of drug-likeness (QED) is 0.550. The maximum atomic E-state index is 13.2. The number of fused-ring (bicyclic) bond motifs is 1. The van der Waals surface area contributed by atoms with Crippen molar-refractivity contribution in [1.82, 2.24) is 14.1 Å². The van der Waals surface area contributed by atoms with Crippen LogP contribution >= 0.6 is 11.6 Å². The van der Waals surface area contributed by atoms with Gasteiger partial charge in [0, 0.05) is 55.4 Å². The normalized spacial score (nSPS) is 14.2. The Morgan fingerprint density at radius 1 is 1.12 bits per heavy atom. The number of nitrogens with zero attached hydrogens (tertiary/aromatic N) is 4. The van der Waals surface area contributed by atoms with Crippen molar-refractivity contribution in [3.63, 3.8) is 0 Å². The molecule has 0 aliphatic carbocycles. The highest BCUT2D eigenvalue weighted by molar-refractivity contribution is 7.88. The zero-order valence-corrected chi connectivity index (χ0v) is 19.6. The van der Waals surface area contributed by atoms with Crippen LogP contribution in [0.3, 0.4) is 0 Å². The first kappa shape index (κ1) is 22.5. The number of para-hydroxylation sites is 1. The van der Waals surface area contributed by atoms with E-state index in [2.05, 4.69) is 5.10 Å². The molecule has 2 heterocycles. The van der Waals surface area contributed by atoms with Crippen molar-refractivity contribution in [2.24, 2.45) is 7.05 Å². The maximum absolute atomic E-state index is 13.2. The number of amides is 1. The Labute approximate surface area is 193 Å². The molecule has 3 aromatic rings. The van der Waals surface area contributed by atoms with E-state index in [0.717, 1.165) is 16.9 Å². The van der Waals surface area contributed by atoms with Crippen LogP contribution in [-0.4, -0.2) is 35.0 Å². The smallest absolute Gasteiger partial charge is 0.224 e. The van der Waals surface area contributed by atoms with Crippen LogP contribution in [0.4, 0.5) is 5.69 Å². The molecular formula is C23H25ClN4O3S. The van der Waals surface area contributed by atoms with Gasteiger partial charge < -0.3 is 4.90 Å². The molecule has 0 fully saturated rings. The van der Waals surface area contributed by atoms with Gasteiger partial charge in [0.25, 0.3) is 0 Å². The molecule has 0 N–H and O–H groups in total. The number of carbonyl (C=O) groups excluding carboxylic acids is 1. The number of aryl methyl sites for hydroxylation is 1. The standard InChI is InChI=1S/C23H25ClN4O3S/c1-17(29)28(19-9-4-3-5-10-19)15-22-20-14-27(13-12-23(20)26(2)25-22)32(30,31)16-18-8-6-7-11-21(18)24/h3-11H,12-16H2,1-2H3. The first-order valence-corrected chi connectivity index (χ1v) is 12.3. The molecule has 1 amide bonds. The van der Waals surface area contributed by atoms with E-state index >= 15 is 0 Å². The van der Waals surface area contributed by atoms with Crippen LogP contribution in [0.1, 0.15) is 29.4 Å². The summed E-state index contributed by atoms with van der Waals surface area (Å²) < 4.78 is 29.6. The lowest BCUT2D eigenvalue weighted by Crippen LogP contribution is -2.37. The van der Waals surface area contributed by atoms with Crippen LogP contribution in [-0.2, 0) is 47.1 Å². The number of hydrogen-bond donors (Lipinski definition) is 0. The van der Waals surface area contributed by atoms with Crippen LogP contribution in [0.5, 0.6) is 0 Å². The fourth-order valence-corrected chi connectivity index (χ4v) is 5.86. The molecular weight excluding hydrogens is 448 g/mol. The highest BCUT2D eigenvalue weighted by Crippen LogP contribution is 2.28. The van der Waals surface area contributed by atoms with Gasteiger partial charge in [-0.05, 0) is 23.8 Å². The Bertz CT molecular complexity index is 1240. The van der Waals surface area contributed by atoms with E-state index in [1.165, 1.54) is 11.2 Å². The van der Waals surface area contributed by atoms with Crippen LogP contribution in [0.15, 0.2) is 54.6 Å². The van der Waals surface area contributed by atoms with E-state index in [1.807, 2.05) is 37.4 Å². The predicted octanol–water partition coefficient (Wildman–Crippen LogP) is 3.51. The summed E-state index contributed by atoms with van der Waals surface area (Å²) in [7, 11) is -1.72. The summed E-state index contributed by atoms with van der Waals surface area (Å²) in [5.41, 5.74) is 3.93. The third-order valence-electron chi connectivity index (χ3n) is 5.74. The van der Waals surface area contributed by atoms with Crippen LogP contribution in [0, 0.1) is 0 Å². The zero-order valence-electron chi connectivity index (χ0n) is 18.0. The minimum absolute atomic E-state index is 0.102. The van der Waals surface area contributed by atoms with Gasteiger partial charge in [-0.2, -0.15) is 9.40 Å².